The highest BCUT2D eigenvalue weighted by atomic mass is 32.2. The van der Waals surface area contributed by atoms with Gasteiger partial charge in [0.15, 0.2) is 0 Å². The molecule has 6 heteroatoms. The molecule has 0 aliphatic rings. The summed E-state index contributed by atoms with van der Waals surface area (Å²) in [6, 6.07) is -1.17. The molecule has 0 heterocycles. The van der Waals surface area contributed by atoms with Gasteiger partial charge in [0, 0.05) is 6.54 Å². The fourth-order valence-corrected chi connectivity index (χ4v) is 1.94. The summed E-state index contributed by atoms with van der Waals surface area (Å²) in [4.78, 5) is 22.4. The van der Waals surface area contributed by atoms with Crippen LogP contribution < -0.4 is 10.6 Å². The molecule has 0 aromatic heterocycles. The normalized spacial score (nSPS) is 11.9. The predicted molar refractivity (Wildman–Crippen MR) is 75.1 cm³/mol. The lowest BCUT2D eigenvalue weighted by Crippen LogP contribution is -2.46. The highest BCUT2D eigenvalue weighted by molar-refractivity contribution is 7.98. The van der Waals surface area contributed by atoms with Crippen molar-refractivity contribution >= 4 is 23.8 Å². The monoisotopic (exact) mass is 276 g/mol. The number of carbonyl (C=O) groups is 2. The maximum Gasteiger partial charge on any atom is 0.326 e. The molecule has 5 nitrogen and oxygen atoms in total. The van der Waals surface area contributed by atoms with Crippen LogP contribution >= 0.6 is 11.8 Å². The van der Waals surface area contributed by atoms with Gasteiger partial charge in [0.1, 0.15) is 6.04 Å². The van der Waals surface area contributed by atoms with Gasteiger partial charge in [0.2, 0.25) is 0 Å². The molecule has 0 aromatic carbocycles. The van der Waals surface area contributed by atoms with Gasteiger partial charge in [-0.3, -0.25) is 0 Å². The maximum atomic E-state index is 11.5. The van der Waals surface area contributed by atoms with Crippen molar-refractivity contribution in [1.82, 2.24) is 10.6 Å². The smallest absolute Gasteiger partial charge is 0.326 e. The molecule has 0 aliphatic heterocycles. The van der Waals surface area contributed by atoms with E-state index in [1.165, 1.54) is 0 Å². The highest BCUT2D eigenvalue weighted by Crippen LogP contribution is 2.01. The quantitative estimate of drug-likeness (QED) is 0.534. The third kappa shape index (κ3) is 9.15. The van der Waals surface area contributed by atoms with Crippen LogP contribution in [0.2, 0.25) is 0 Å². The molecule has 2 amide bonds. The molecule has 1 atom stereocenters. The van der Waals surface area contributed by atoms with Crippen molar-refractivity contribution in [3.05, 3.63) is 0 Å². The van der Waals surface area contributed by atoms with Crippen molar-refractivity contribution in [2.24, 2.45) is 0 Å². The highest BCUT2D eigenvalue weighted by Gasteiger charge is 2.18. The topological polar surface area (TPSA) is 78.4 Å². The van der Waals surface area contributed by atoms with Crippen LogP contribution in [0.3, 0.4) is 0 Å². The van der Waals surface area contributed by atoms with Crippen LogP contribution in [0.25, 0.3) is 0 Å². The van der Waals surface area contributed by atoms with Crippen LogP contribution in [0.4, 0.5) is 4.79 Å². The number of rotatable bonds is 10. The summed E-state index contributed by atoms with van der Waals surface area (Å²) in [5, 5.41) is 14.1. The molecule has 18 heavy (non-hydrogen) atoms. The van der Waals surface area contributed by atoms with Crippen LogP contribution in [-0.4, -0.2) is 41.7 Å². The van der Waals surface area contributed by atoms with Crippen molar-refractivity contribution in [3.8, 4) is 0 Å². The van der Waals surface area contributed by atoms with E-state index in [1.807, 2.05) is 13.2 Å². The Balaban J connectivity index is 3.77. The first-order valence-corrected chi connectivity index (χ1v) is 7.77. The van der Waals surface area contributed by atoms with Crippen LogP contribution in [0, 0.1) is 0 Å². The van der Waals surface area contributed by atoms with Gasteiger partial charge < -0.3 is 15.7 Å². The molecular formula is C12H24N2O3S. The lowest BCUT2D eigenvalue weighted by molar-refractivity contribution is -0.139. The fraction of sp³-hybridized carbons (Fsp3) is 0.833. The molecular weight excluding hydrogens is 252 g/mol. The number of hydrogen-bond acceptors (Lipinski definition) is 3. The molecule has 0 rings (SSSR count). The average Bonchev–Trinajstić information content (AvgIpc) is 2.33. The van der Waals surface area contributed by atoms with Crippen molar-refractivity contribution < 1.29 is 14.7 Å². The number of aliphatic carboxylic acids is 1. The summed E-state index contributed by atoms with van der Waals surface area (Å²) in [5.74, 6) is 0.110. The van der Waals surface area contributed by atoms with Crippen molar-refractivity contribution in [2.45, 2.75) is 45.1 Å². The van der Waals surface area contributed by atoms with Gasteiger partial charge in [-0.05, 0) is 31.3 Å². The molecule has 0 radical (unpaired) electrons. The molecule has 0 bridgehead atoms. The Labute approximate surface area is 113 Å². The average molecular weight is 276 g/mol. The summed E-state index contributed by atoms with van der Waals surface area (Å²) < 4.78 is 0. The van der Waals surface area contributed by atoms with Crippen LogP contribution in [0.5, 0.6) is 0 Å². The molecule has 1 unspecified atom stereocenters. The van der Waals surface area contributed by atoms with Crippen LogP contribution in [-0.2, 0) is 4.79 Å². The van der Waals surface area contributed by atoms with Gasteiger partial charge in [-0.1, -0.05) is 19.8 Å². The van der Waals surface area contributed by atoms with Gasteiger partial charge in [-0.25, -0.2) is 9.59 Å². The first-order valence-electron chi connectivity index (χ1n) is 6.38. The van der Waals surface area contributed by atoms with E-state index in [2.05, 4.69) is 10.6 Å². The number of carbonyl (C=O) groups excluding carboxylic acids is 1. The first-order chi connectivity index (χ1) is 8.61. The van der Waals surface area contributed by atoms with Crippen molar-refractivity contribution in [1.29, 1.82) is 0 Å². The number of thioether (sulfide) groups is 1. The van der Waals surface area contributed by atoms with Crippen molar-refractivity contribution in [2.75, 3.05) is 18.6 Å². The van der Waals surface area contributed by atoms with E-state index in [0.29, 0.717) is 13.0 Å². The molecule has 106 valence electrons. The van der Waals surface area contributed by atoms with E-state index in [9.17, 15) is 9.59 Å². The number of unbranched alkanes of at least 4 members (excludes halogenated alkanes) is 2. The Morgan fingerprint density at radius 2 is 2.00 bits per heavy atom. The molecule has 0 fully saturated rings. The minimum Gasteiger partial charge on any atom is -0.480 e. The van der Waals surface area contributed by atoms with Gasteiger partial charge in [-0.2, -0.15) is 11.8 Å². The molecule has 3 N–H and O–H groups in total. The molecule has 0 spiro atoms. The minimum atomic E-state index is -0.971. The van der Waals surface area contributed by atoms with Crippen molar-refractivity contribution in [3.63, 3.8) is 0 Å². The fourth-order valence-electron chi connectivity index (χ4n) is 1.45. The zero-order chi connectivity index (χ0) is 13.8. The Morgan fingerprint density at radius 3 is 2.56 bits per heavy atom. The lowest BCUT2D eigenvalue weighted by Gasteiger charge is -2.14. The van der Waals surface area contributed by atoms with Gasteiger partial charge in [0.25, 0.3) is 0 Å². The van der Waals surface area contributed by atoms with Crippen LogP contribution in [0.15, 0.2) is 0 Å². The SMILES string of the molecule is CCCCC(NC(=O)NCCCCSC)C(=O)O. The van der Waals surface area contributed by atoms with E-state index in [-0.39, 0.29) is 6.03 Å². The summed E-state index contributed by atoms with van der Waals surface area (Å²) in [7, 11) is 0. The van der Waals surface area contributed by atoms with Crippen LogP contribution in [0.1, 0.15) is 39.0 Å². The molecule has 0 aliphatic carbocycles. The van der Waals surface area contributed by atoms with Gasteiger partial charge >= 0.3 is 12.0 Å². The van der Waals surface area contributed by atoms with E-state index in [1.54, 1.807) is 11.8 Å². The number of urea groups is 1. The van der Waals surface area contributed by atoms with E-state index < -0.39 is 12.0 Å². The maximum absolute atomic E-state index is 11.5. The Hall–Kier alpha value is -0.910. The summed E-state index contributed by atoms with van der Waals surface area (Å²) in [6.45, 7) is 2.58. The first kappa shape index (κ1) is 17.1. The van der Waals surface area contributed by atoms with E-state index >= 15 is 0 Å². The van der Waals surface area contributed by atoms with Gasteiger partial charge in [0.05, 0.1) is 0 Å². The Morgan fingerprint density at radius 1 is 1.28 bits per heavy atom. The number of amides is 2. The molecule has 0 aromatic rings. The number of carboxylic acids is 1. The Bertz CT molecular complexity index is 249. The largest absolute Gasteiger partial charge is 0.480 e. The summed E-state index contributed by atoms with van der Waals surface area (Å²) in [6.07, 6.45) is 6.21. The molecule has 0 saturated carbocycles. The second-order valence-electron chi connectivity index (χ2n) is 4.13. The number of carboxylic acid groups (broad SMARTS) is 1. The minimum absolute atomic E-state index is 0.386. The summed E-state index contributed by atoms with van der Waals surface area (Å²) >= 11 is 1.78. The second kappa shape index (κ2) is 11.2. The third-order valence-electron chi connectivity index (χ3n) is 2.51. The third-order valence-corrected chi connectivity index (χ3v) is 3.21. The zero-order valence-corrected chi connectivity index (χ0v) is 12.0. The Kier molecular flexibility index (Phi) is 10.6. The standard InChI is InChI=1S/C12H24N2O3S/c1-3-4-7-10(11(15)16)14-12(17)13-8-5-6-9-18-2/h10H,3-9H2,1-2H3,(H,15,16)(H2,13,14,17). The number of nitrogens with one attached hydrogen (secondary N) is 2. The van der Waals surface area contributed by atoms with E-state index in [0.717, 1.165) is 31.4 Å². The summed E-state index contributed by atoms with van der Waals surface area (Å²) in [5.41, 5.74) is 0. The zero-order valence-electron chi connectivity index (χ0n) is 11.2. The van der Waals surface area contributed by atoms with Gasteiger partial charge in [-0.15, -0.1) is 0 Å². The molecule has 0 saturated heterocycles. The number of hydrogen-bond donors (Lipinski definition) is 3. The second-order valence-corrected chi connectivity index (χ2v) is 5.12. The predicted octanol–water partition coefficient (Wildman–Crippen LogP) is 2.07. The van der Waals surface area contributed by atoms with E-state index in [4.69, 9.17) is 5.11 Å². The lowest BCUT2D eigenvalue weighted by atomic mass is 10.1.